The summed E-state index contributed by atoms with van der Waals surface area (Å²) in [7, 11) is -2.56. The van der Waals surface area contributed by atoms with E-state index in [2.05, 4.69) is 34.7 Å². The number of nitrogens with one attached hydrogen (secondary N) is 1. The Hall–Kier alpha value is -6.14. The first-order valence-electron chi connectivity index (χ1n) is 22.5. The summed E-state index contributed by atoms with van der Waals surface area (Å²) in [5.74, 6) is -0.956. The van der Waals surface area contributed by atoms with Crippen molar-refractivity contribution in [3.63, 3.8) is 0 Å². The average molecular weight is 950 g/mol. The number of carbonyl (C=O) groups is 3. The quantitative estimate of drug-likeness (QED) is 0.0347. The van der Waals surface area contributed by atoms with Gasteiger partial charge in [-0.3, -0.25) is 4.79 Å². The van der Waals surface area contributed by atoms with Gasteiger partial charge in [0.05, 0.1) is 41.5 Å². The van der Waals surface area contributed by atoms with Crippen molar-refractivity contribution in [3.05, 3.63) is 141 Å². The highest BCUT2D eigenvalue weighted by molar-refractivity contribution is 7.89. The molecule has 0 spiro atoms. The first-order valence-corrected chi connectivity index (χ1v) is 24.8. The summed E-state index contributed by atoms with van der Waals surface area (Å²) in [6.07, 6.45) is -0.565. The minimum atomic E-state index is -4.12. The lowest BCUT2D eigenvalue weighted by molar-refractivity contribution is -0.128. The van der Waals surface area contributed by atoms with E-state index >= 15 is 0 Å². The molecule has 0 saturated carbocycles. The molecule has 0 bridgehead atoms. The molecule has 1 saturated heterocycles. The van der Waals surface area contributed by atoms with Gasteiger partial charge < -0.3 is 35.4 Å². The number of urea groups is 1. The number of hydrogen-bond acceptors (Lipinski definition) is 10. The van der Waals surface area contributed by atoms with Crippen molar-refractivity contribution in [1.29, 1.82) is 0 Å². The zero-order valence-electron chi connectivity index (χ0n) is 38.3. The van der Waals surface area contributed by atoms with Gasteiger partial charge in [-0.2, -0.15) is 4.31 Å². The predicted octanol–water partition coefficient (Wildman–Crippen LogP) is 7.50. The number of aliphatic hydroxyl groups is 1. The topological polar surface area (TPSA) is 196 Å². The molecule has 4 atom stereocenters. The van der Waals surface area contributed by atoms with E-state index in [0.29, 0.717) is 29.2 Å². The number of carbonyl (C=O) groups excluding carboxylic acids is 2. The number of amides is 4. The largest absolute Gasteiger partial charge is 0.465 e. The molecule has 67 heavy (non-hydrogen) atoms. The van der Waals surface area contributed by atoms with Crippen molar-refractivity contribution in [1.82, 2.24) is 29.3 Å². The normalized spacial score (nSPS) is 15.9. The second kappa shape index (κ2) is 21.2. The van der Waals surface area contributed by atoms with Crippen LogP contribution in [0.1, 0.15) is 79.0 Å². The number of carboxylic acid groups (broad SMARTS) is 1. The summed E-state index contributed by atoms with van der Waals surface area (Å²) in [6, 6.07) is 28.8. The van der Waals surface area contributed by atoms with Crippen molar-refractivity contribution in [2.24, 2.45) is 17.0 Å². The number of rotatable bonds is 20. The standard InChI is InChI=1S/C50H59N7O8S2/c1-32(2)28-56(67(64,65)37-21-19-35(20-22-37)27-51-63)30-45(58)43(25-34-13-7-6-8-14-34)53-47(59)46(33(3)4)57-24-23-55(49(57)60)29-36-31-66-48(52-36)44(54(5)50(61)62)26-42-40-17-11-9-15-38(40)39-16-10-12-18-41(39)42/h6-22,27,31-33,42-46,58,63H,23-26,28-30H2,1-5H3,(H,53,59)(H,61,62)/t43-,44?,45+,46-/m0/s1. The Labute approximate surface area is 396 Å². The SMILES string of the molecule is CC(C)CN(C[C@@H](O)[C@H](Cc1ccccc1)NC(=O)[C@H](C(C)C)N1CCN(Cc2csc(C(CC3c4ccccc4-c4ccccc43)N(C)C(=O)O)n2)C1=O)S(=O)(=O)c1ccc(C=NO)cc1. The Balaban J connectivity index is 1.07. The number of aliphatic hydroxyl groups excluding tert-OH is 1. The van der Waals surface area contributed by atoms with Gasteiger partial charge in [-0.1, -0.05) is 124 Å². The number of sulfonamides is 1. The van der Waals surface area contributed by atoms with Crippen LogP contribution in [0, 0.1) is 11.8 Å². The first kappa shape index (κ1) is 48.8. The van der Waals surface area contributed by atoms with E-state index in [4.69, 9.17) is 10.2 Å². The number of oxime groups is 1. The van der Waals surface area contributed by atoms with Gasteiger partial charge in [0, 0.05) is 44.5 Å². The summed E-state index contributed by atoms with van der Waals surface area (Å²) in [4.78, 5) is 50.6. The van der Waals surface area contributed by atoms with Crippen LogP contribution in [0.25, 0.3) is 11.1 Å². The van der Waals surface area contributed by atoms with Crippen LogP contribution in [-0.2, 0) is 27.8 Å². The van der Waals surface area contributed by atoms with Gasteiger partial charge in [0.1, 0.15) is 11.0 Å². The number of nitrogens with zero attached hydrogens (tertiary/aromatic N) is 6. The molecule has 1 fully saturated rings. The summed E-state index contributed by atoms with van der Waals surface area (Å²) in [5, 5.41) is 39.6. The molecule has 354 valence electrons. The van der Waals surface area contributed by atoms with E-state index < -0.39 is 46.3 Å². The summed E-state index contributed by atoms with van der Waals surface area (Å²) < 4.78 is 29.3. The fraction of sp³-hybridized carbons (Fsp3) is 0.380. The molecular weight excluding hydrogens is 891 g/mol. The highest BCUT2D eigenvalue weighted by atomic mass is 32.2. The Morgan fingerprint density at radius 1 is 0.910 bits per heavy atom. The smallest absolute Gasteiger partial charge is 0.407 e. The van der Waals surface area contributed by atoms with E-state index in [9.17, 15) is 33.0 Å². The van der Waals surface area contributed by atoms with Crippen LogP contribution in [0.4, 0.5) is 9.59 Å². The van der Waals surface area contributed by atoms with E-state index in [0.717, 1.165) is 27.8 Å². The average Bonchev–Trinajstić information content (AvgIpc) is 4.01. The van der Waals surface area contributed by atoms with Crippen molar-refractivity contribution in [3.8, 4) is 11.1 Å². The van der Waals surface area contributed by atoms with Crippen molar-refractivity contribution in [2.45, 2.75) is 82.1 Å². The molecule has 17 heteroatoms. The second-order valence-electron chi connectivity index (χ2n) is 18.0. The van der Waals surface area contributed by atoms with Gasteiger partial charge in [-0.15, -0.1) is 11.3 Å². The monoisotopic (exact) mass is 949 g/mol. The number of thiazole rings is 1. The molecule has 4 N–H and O–H groups in total. The van der Waals surface area contributed by atoms with E-state index in [1.165, 1.54) is 55.9 Å². The number of fused-ring (bicyclic) bond motifs is 3. The minimum absolute atomic E-state index is 0.00117. The van der Waals surface area contributed by atoms with Gasteiger partial charge in [-0.25, -0.2) is 23.0 Å². The number of hydrogen-bond donors (Lipinski definition) is 4. The molecule has 0 radical (unpaired) electrons. The van der Waals surface area contributed by atoms with Crippen molar-refractivity contribution in [2.75, 3.05) is 33.2 Å². The molecule has 2 heterocycles. The highest BCUT2D eigenvalue weighted by Crippen LogP contribution is 2.49. The zero-order valence-corrected chi connectivity index (χ0v) is 40.0. The fourth-order valence-electron chi connectivity index (χ4n) is 9.22. The second-order valence-corrected chi connectivity index (χ2v) is 20.9. The van der Waals surface area contributed by atoms with Crippen LogP contribution in [0.2, 0.25) is 0 Å². The molecule has 4 amide bonds. The molecule has 1 aliphatic carbocycles. The molecule has 5 aromatic rings. The third kappa shape index (κ3) is 11.0. The van der Waals surface area contributed by atoms with E-state index in [-0.39, 0.29) is 61.3 Å². The Bertz CT molecular complexity index is 2610. The van der Waals surface area contributed by atoms with Crippen molar-refractivity contribution >= 4 is 45.6 Å². The lowest BCUT2D eigenvalue weighted by atomic mass is 9.90. The molecule has 1 aromatic heterocycles. The molecule has 2 aliphatic rings. The third-order valence-corrected chi connectivity index (χ3v) is 15.4. The first-order chi connectivity index (χ1) is 32.1. The molecule has 1 unspecified atom stereocenters. The molecule has 15 nitrogen and oxygen atoms in total. The van der Waals surface area contributed by atoms with Gasteiger partial charge in [0.25, 0.3) is 0 Å². The zero-order chi connectivity index (χ0) is 48.0. The molecule has 4 aromatic carbocycles. The maximum atomic E-state index is 14.5. The Morgan fingerprint density at radius 2 is 1.54 bits per heavy atom. The molecular formula is C50H59N7O8S2. The van der Waals surface area contributed by atoms with Crippen LogP contribution in [0.5, 0.6) is 0 Å². The predicted molar refractivity (Wildman–Crippen MR) is 258 cm³/mol. The van der Waals surface area contributed by atoms with E-state index in [1.54, 1.807) is 11.9 Å². The van der Waals surface area contributed by atoms with Gasteiger partial charge >= 0.3 is 12.1 Å². The maximum absolute atomic E-state index is 14.5. The van der Waals surface area contributed by atoms with Gasteiger partial charge in [0.15, 0.2) is 0 Å². The lowest BCUT2D eigenvalue weighted by Gasteiger charge is -2.34. The molecule has 7 rings (SSSR count). The number of aromatic nitrogens is 1. The van der Waals surface area contributed by atoms with Gasteiger partial charge in [-0.05, 0) is 70.2 Å². The molecule has 1 aliphatic heterocycles. The van der Waals surface area contributed by atoms with Crippen LogP contribution in [0.15, 0.2) is 119 Å². The summed E-state index contributed by atoms with van der Waals surface area (Å²) in [5.41, 5.74) is 6.50. The van der Waals surface area contributed by atoms with Crippen molar-refractivity contribution < 1.29 is 38.2 Å². The Kier molecular flexibility index (Phi) is 15.5. The fourth-order valence-corrected chi connectivity index (χ4v) is 11.8. The van der Waals surface area contributed by atoms with Crippen LogP contribution in [0.3, 0.4) is 0 Å². The van der Waals surface area contributed by atoms with Crippen LogP contribution in [-0.4, -0.2) is 123 Å². The van der Waals surface area contributed by atoms with Crippen LogP contribution >= 0.6 is 11.3 Å². The third-order valence-electron chi connectivity index (χ3n) is 12.5. The summed E-state index contributed by atoms with van der Waals surface area (Å²) >= 11 is 1.36. The van der Waals surface area contributed by atoms with Gasteiger partial charge in [0.2, 0.25) is 15.9 Å². The lowest BCUT2D eigenvalue weighted by Crippen LogP contribution is -2.57. The van der Waals surface area contributed by atoms with Crippen LogP contribution < -0.4 is 5.32 Å². The number of benzene rings is 4. The minimum Gasteiger partial charge on any atom is -0.465 e. The summed E-state index contributed by atoms with van der Waals surface area (Å²) in [6.45, 7) is 7.97. The Morgan fingerprint density at radius 3 is 2.13 bits per heavy atom. The van der Waals surface area contributed by atoms with E-state index in [1.807, 2.05) is 87.7 Å². The highest BCUT2D eigenvalue weighted by Gasteiger charge is 2.41. The maximum Gasteiger partial charge on any atom is 0.407 e.